The van der Waals surface area contributed by atoms with E-state index in [9.17, 15) is 9.59 Å². The Bertz CT molecular complexity index is 486. The van der Waals surface area contributed by atoms with Crippen LogP contribution in [0.5, 0.6) is 0 Å². The van der Waals surface area contributed by atoms with Gasteiger partial charge in [-0.15, -0.1) is 0 Å². The number of rotatable bonds is 3. The number of likely N-dealkylation sites (tertiary alicyclic amines) is 1. The van der Waals surface area contributed by atoms with Crippen molar-refractivity contribution in [1.82, 2.24) is 4.90 Å². The van der Waals surface area contributed by atoms with Gasteiger partial charge in [-0.2, -0.15) is 0 Å². The number of nitrogens with zero attached hydrogens (tertiary/aromatic N) is 1. The maximum atomic E-state index is 12.7. The molecule has 1 aliphatic heterocycles. The van der Waals surface area contributed by atoms with E-state index in [1.54, 1.807) is 17.0 Å². The second-order valence-corrected chi connectivity index (χ2v) is 5.16. The molecule has 0 aromatic heterocycles. The van der Waals surface area contributed by atoms with Gasteiger partial charge in [-0.05, 0) is 37.8 Å². The number of amides is 1. The van der Waals surface area contributed by atoms with Gasteiger partial charge in [0.1, 0.15) is 5.54 Å². The largest absolute Gasteiger partial charge is 0.467 e. The molecule has 0 spiro atoms. The summed E-state index contributed by atoms with van der Waals surface area (Å²) in [7, 11) is 1.39. The summed E-state index contributed by atoms with van der Waals surface area (Å²) in [6, 6.07) is 9.12. The van der Waals surface area contributed by atoms with Gasteiger partial charge in [0, 0.05) is 12.1 Å². The van der Waals surface area contributed by atoms with Crippen LogP contribution >= 0.6 is 0 Å². The fourth-order valence-electron chi connectivity index (χ4n) is 2.98. The van der Waals surface area contributed by atoms with E-state index in [0.717, 1.165) is 12.8 Å². The summed E-state index contributed by atoms with van der Waals surface area (Å²) in [5.74, 6) is -0.387. The smallest absolute Gasteiger partial charge is 0.331 e. The van der Waals surface area contributed by atoms with Crippen LogP contribution in [0.15, 0.2) is 30.3 Å². The Kier molecular flexibility index (Phi) is 4.42. The second kappa shape index (κ2) is 6.07. The second-order valence-electron chi connectivity index (χ2n) is 5.16. The highest BCUT2D eigenvalue weighted by Crippen LogP contribution is 2.33. The molecule has 1 amide bonds. The molecule has 108 valence electrons. The molecule has 1 fully saturated rings. The number of hydrogen-bond donors (Lipinski definition) is 0. The molecule has 2 rings (SSSR count). The van der Waals surface area contributed by atoms with Gasteiger partial charge < -0.3 is 9.64 Å². The average Bonchev–Trinajstić information content (AvgIpc) is 2.54. The quantitative estimate of drug-likeness (QED) is 0.797. The SMILES string of the molecule is CCC1(C(=O)OC)CCCCN1C(=O)c1ccccc1. The molecule has 0 bridgehead atoms. The summed E-state index contributed by atoms with van der Waals surface area (Å²) >= 11 is 0. The molecule has 4 nitrogen and oxygen atoms in total. The molecule has 0 N–H and O–H groups in total. The highest BCUT2D eigenvalue weighted by molar-refractivity contribution is 5.98. The first-order valence-electron chi connectivity index (χ1n) is 7.11. The lowest BCUT2D eigenvalue weighted by molar-refractivity contribution is -0.156. The molecular weight excluding hydrogens is 254 g/mol. The first-order valence-corrected chi connectivity index (χ1v) is 7.11. The summed E-state index contributed by atoms with van der Waals surface area (Å²) in [4.78, 5) is 26.7. The zero-order valence-electron chi connectivity index (χ0n) is 12.1. The highest BCUT2D eigenvalue weighted by Gasteiger charge is 2.47. The van der Waals surface area contributed by atoms with Gasteiger partial charge in [0.05, 0.1) is 7.11 Å². The molecule has 0 radical (unpaired) electrons. The van der Waals surface area contributed by atoms with Crippen LogP contribution in [-0.2, 0) is 9.53 Å². The van der Waals surface area contributed by atoms with Gasteiger partial charge in [0.15, 0.2) is 0 Å². The predicted molar refractivity (Wildman–Crippen MR) is 76.4 cm³/mol. The van der Waals surface area contributed by atoms with Crippen molar-refractivity contribution in [2.45, 2.75) is 38.1 Å². The van der Waals surface area contributed by atoms with Crippen LogP contribution in [0, 0.1) is 0 Å². The summed E-state index contributed by atoms with van der Waals surface area (Å²) in [5, 5.41) is 0. The Balaban J connectivity index is 2.36. The standard InChI is InChI=1S/C16H21NO3/c1-3-16(15(19)20-2)11-7-8-12-17(16)14(18)13-9-5-4-6-10-13/h4-6,9-10H,3,7-8,11-12H2,1-2H3. The van der Waals surface area contributed by atoms with Crippen LogP contribution in [0.25, 0.3) is 0 Å². The third-order valence-corrected chi connectivity index (χ3v) is 4.15. The fraction of sp³-hybridized carbons (Fsp3) is 0.500. The highest BCUT2D eigenvalue weighted by atomic mass is 16.5. The van der Waals surface area contributed by atoms with Crippen molar-refractivity contribution in [3.63, 3.8) is 0 Å². The molecular formula is C16H21NO3. The molecule has 1 unspecified atom stereocenters. The molecule has 1 aromatic carbocycles. The Morgan fingerprint density at radius 3 is 2.55 bits per heavy atom. The van der Waals surface area contributed by atoms with Crippen LogP contribution in [0.3, 0.4) is 0 Å². The van der Waals surface area contributed by atoms with E-state index in [0.29, 0.717) is 24.9 Å². The minimum Gasteiger partial charge on any atom is -0.467 e. The number of carbonyl (C=O) groups excluding carboxylic acids is 2. The van der Waals surface area contributed by atoms with Crippen molar-refractivity contribution < 1.29 is 14.3 Å². The predicted octanol–water partition coefficient (Wildman–Crippen LogP) is 2.63. The Hall–Kier alpha value is -1.84. The van der Waals surface area contributed by atoms with Crippen molar-refractivity contribution in [1.29, 1.82) is 0 Å². The molecule has 1 saturated heterocycles. The summed E-state index contributed by atoms with van der Waals surface area (Å²) < 4.78 is 4.97. The lowest BCUT2D eigenvalue weighted by Crippen LogP contribution is -2.59. The fourth-order valence-corrected chi connectivity index (χ4v) is 2.98. The molecule has 4 heteroatoms. The van der Waals surface area contributed by atoms with E-state index >= 15 is 0 Å². The van der Waals surface area contributed by atoms with Gasteiger partial charge in [0.2, 0.25) is 0 Å². The van der Waals surface area contributed by atoms with E-state index in [-0.39, 0.29) is 11.9 Å². The van der Waals surface area contributed by atoms with Crippen molar-refractivity contribution in [2.75, 3.05) is 13.7 Å². The lowest BCUT2D eigenvalue weighted by atomic mass is 9.83. The number of esters is 1. The van der Waals surface area contributed by atoms with Gasteiger partial charge in [-0.3, -0.25) is 4.79 Å². The zero-order chi connectivity index (χ0) is 14.6. The number of hydrogen-bond acceptors (Lipinski definition) is 3. The van der Waals surface area contributed by atoms with Gasteiger partial charge >= 0.3 is 5.97 Å². The van der Waals surface area contributed by atoms with Crippen molar-refractivity contribution in [3.8, 4) is 0 Å². The van der Waals surface area contributed by atoms with Crippen LogP contribution in [0.2, 0.25) is 0 Å². The number of carbonyl (C=O) groups is 2. The van der Waals surface area contributed by atoms with Crippen LogP contribution in [0.4, 0.5) is 0 Å². The molecule has 0 aliphatic carbocycles. The van der Waals surface area contributed by atoms with Gasteiger partial charge in [-0.1, -0.05) is 25.1 Å². The number of piperidine rings is 1. The van der Waals surface area contributed by atoms with E-state index in [1.807, 2.05) is 25.1 Å². The molecule has 1 atom stereocenters. The molecule has 20 heavy (non-hydrogen) atoms. The van der Waals surface area contributed by atoms with Crippen molar-refractivity contribution in [2.24, 2.45) is 0 Å². The molecule has 1 aliphatic rings. The summed E-state index contributed by atoms with van der Waals surface area (Å²) in [6.07, 6.45) is 3.13. The van der Waals surface area contributed by atoms with Gasteiger partial charge in [0.25, 0.3) is 5.91 Å². The van der Waals surface area contributed by atoms with Gasteiger partial charge in [-0.25, -0.2) is 4.79 Å². The van der Waals surface area contributed by atoms with Crippen LogP contribution in [0.1, 0.15) is 43.0 Å². The first-order chi connectivity index (χ1) is 9.65. The molecule has 0 saturated carbocycles. The Labute approximate surface area is 119 Å². The van der Waals surface area contributed by atoms with E-state index in [2.05, 4.69) is 0 Å². The third-order valence-electron chi connectivity index (χ3n) is 4.15. The summed E-state index contributed by atoms with van der Waals surface area (Å²) in [6.45, 7) is 2.55. The minimum absolute atomic E-state index is 0.0856. The van der Waals surface area contributed by atoms with Crippen molar-refractivity contribution >= 4 is 11.9 Å². The Morgan fingerprint density at radius 1 is 1.25 bits per heavy atom. The van der Waals surface area contributed by atoms with E-state index in [1.165, 1.54) is 7.11 Å². The lowest BCUT2D eigenvalue weighted by Gasteiger charge is -2.44. The number of ether oxygens (including phenoxy) is 1. The Morgan fingerprint density at radius 2 is 1.95 bits per heavy atom. The summed E-state index contributed by atoms with van der Waals surface area (Å²) in [5.41, 5.74) is -0.184. The van der Waals surface area contributed by atoms with E-state index in [4.69, 9.17) is 4.74 Å². The van der Waals surface area contributed by atoms with E-state index < -0.39 is 5.54 Å². The molecule has 1 heterocycles. The normalized spacial score (nSPS) is 22.4. The zero-order valence-corrected chi connectivity index (χ0v) is 12.1. The maximum absolute atomic E-state index is 12.7. The number of benzene rings is 1. The molecule has 1 aromatic rings. The monoisotopic (exact) mass is 275 g/mol. The first kappa shape index (κ1) is 14.6. The van der Waals surface area contributed by atoms with Crippen molar-refractivity contribution in [3.05, 3.63) is 35.9 Å². The average molecular weight is 275 g/mol. The number of methoxy groups -OCH3 is 1. The van der Waals surface area contributed by atoms with Crippen LogP contribution < -0.4 is 0 Å². The third kappa shape index (κ3) is 2.42. The van der Waals surface area contributed by atoms with Crippen LogP contribution in [-0.4, -0.2) is 36.0 Å². The minimum atomic E-state index is -0.806. The maximum Gasteiger partial charge on any atom is 0.331 e. The topological polar surface area (TPSA) is 46.6 Å².